The van der Waals surface area contributed by atoms with Crippen LogP contribution < -0.4 is 10.6 Å². The summed E-state index contributed by atoms with van der Waals surface area (Å²) in [4.78, 5) is 12.6. The number of aliphatic hydroxyl groups is 2. The smallest absolute Gasteiger partial charge is 0.251 e. The first-order valence-corrected chi connectivity index (χ1v) is 8.57. The van der Waals surface area contributed by atoms with Gasteiger partial charge in [-0.2, -0.15) is 0 Å². The standard InChI is InChI=1S/C18H26N2O3/c21-11-12-1-3-14(4-2-12)18(23)20-17(15-9-16(22)10-15)13-5-7-19-8-6-13/h1-4,13,15-17,19,21-22H,5-11H2,(H,20,23)/t15?,16?,17-/m0/s1. The summed E-state index contributed by atoms with van der Waals surface area (Å²) in [5.74, 6) is 0.808. The average molecular weight is 318 g/mol. The molecule has 1 aromatic rings. The van der Waals surface area contributed by atoms with Gasteiger partial charge in [0.2, 0.25) is 0 Å². The van der Waals surface area contributed by atoms with Gasteiger partial charge in [0.05, 0.1) is 12.7 Å². The zero-order valence-corrected chi connectivity index (χ0v) is 13.4. The van der Waals surface area contributed by atoms with Crippen LogP contribution in [-0.2, 0) is 6.61 Å². The van der Waals surface area contributed by atoms with E-state index in [1.807, 2.05) is 0 Å². The summed E-state index contributed by atoms with van der Waals surface area (Å²) in [7, 11) is 0. The molecule has 0 spiro atoms. The SMILES string of the molecule is O=C(N[C@@H](C1CCNCC1)C1CC(O)C1)c1ccc(CO)cc1. The summed E-state index contributed by atoms with van der Waals surface area (Å²) in [5.41, 5.74) is 1.43. The lowest BCUT2D eigenvalue weighted by molar-refractivity contribution is 0.00919. The van der Waals surface area contributed by atoms with Gasteiger partial charge in [-0.15, -0.1) is 0 Å². The van der Waals surface area contributed by atoms with E-state index in [0.29, 0.717) is 17.4 Å². The first kappa shape index (κ1) is 16.4. The highest BCUT2D eigenvalue weighted by atomic mass is 16.3. The number of piperidine rings is 1. The monoisotopic (exact) mass is 318 g/mol. The Balaban J connectivity index is 1.67. The van der Waals surface area contributed by atoms with Crippen LogP contribution in [0.15, 0.2) is 24.3 Å². The van der Waals surface area contributed by atoms with Crippen LogP contribution >= 0.6 is 0 Å². The minimum absolute atomic E-state index is 0.0143. The number of benzene rings is 1. The molecule has 5 nitrogen and oxygen atoms in total. The highest BCUT2D eigenvalue weighted by Gasteiger charge is 2.39. The molecule has 0 aromatic heterocycles. The Morgan fingerprint density at radius 2 is 1.83 bits per heavy atom. The van der Waals surface area contributed by atoms with E-state index < -0.39 is 0 Å². The van der Waals surface area contributed by atoms with Crippen LogP contribution in [-0.4, -0.2) is 41.4 Å². The molecule has 1 aliphatic heterocycles. The summed E-state index contributed by atoms with van der Waals surface area (Å²) in [5, 5.41) is 25.3. The van der Waals surface area contributed by atoms with Gasteiger partial charge >= 0.3 is 0 Å². The normalized spacial score (nSPS) is 26.3. The van der Waals surface area contributed by atoms with Crippen LogP contribution in [0, 0.1) is 11.8 Å². The van der Waals surface area contributed by atoms with Gasteiger partial charge in [-0.3, -0.25) is 4.79 Å². The lowest BCUT2D eigenvalue weighted by atomic mass is 9.71. The third-order valence-electron chi connectivity index (χ3n) is 5.25. The lowest BCUT2D eigenvalue weighted by Crippen LogP contribution is -2.52. The molecule has 1 saturated carbocycles. The molecule has 1 heterocycles. The fourth-order valence-electron chi connectivity index (χ4n) is 3.74. The highest BCUT2D eigenvalue weighted by molar-refractivity contribution is 5.94. The number of carbonyl (C=O) groups is 1. The van der Waals surface area contributed by atoms with E-state index in [9.17, 15) is 9.90 Å². The second-order valence-electron chi connectivity index (χ2n) is 6.83. The molecule has 126 valence electrons. The van der Waals surface area contributed by atoms with E-state index in [0.717, 1.165) is 44.3 Å². The van der Waals surface area contributed by atoms with Crippen LogP contribution in [0.5, 0.6) is 0 Å². The summed E-state index contributed by atoms with van der Waals surface area (Å²) < 4.78 is 0. The molecule has 23 heavy (non-hydrogen) atoms. The predicted octanol–water partition coefficient (Wildman–Crippen LogP) is 1.05. The summed E-state index contributed by atoms with van der Waals surface area (Å²) >= 11 is 0. The molecule has 1 amide bonds. The van der Waals surface area contributed by atoms with E-state index >= 15 is 0 Å². The van der Waals surface area contributed by atoms with Crippen LogP contribution in [0.2, 0.25) is 0 Å². The largest absolute Gasteiger partial charge is 0.393 e. The molecule has 0 bridgehead atoms. The van der Waals surface area contributed by atoms with Gasteiger partial charge in [-0.1, -0.05) is 12.1 Å². The zero-order valence-electron chi connectivity index (χ0n) is 13.4. The Kier molecular flexibility index (Phi) is 5.30. The van der Waals surface area contributed by atoms with Crippen molar-refractivity contribution in [3.8, 4) is 0 Å². The third kappa shape index (κ3) is 3.91. The van der Waals surface area contributed by atoms with Crippen molar-refractivity contribution >= 4 is 5.91 Å². The number of carbonyl (C=O) groups excluding carboxylic acids is 1. The zero-order chi connectivity index (χ0) is 16.2. The van der Waals surface area contributed by atoms with Gasteiger partial charge in [-0.05, 0) is 68.3 Å². The van der Waals surface area contributed by atoms with E-state index in [2.05, 4.69) is 10.6 Å². The van der Waals surface area contributed by atoms with E-state index in [-0.39, 0.29) is 24.7 Å². The molecule has 0 radical (unpaired) electrons. The van der Waals surface area contributed by atoms with Gasteiger partial charge in [0.1, 0.15) is 0 Å². The Hall–Kier alpha value is -1.43. The van der Waals surface area contributed by atoms with Crippen molar-refractivity contribution < 1.29 is 15.0 Å². The molecule has 2 fully saturated rings. The number of hydrogen-bond acceptors (Lipinski definition) is 4. The number of aliphatic hydroxyl groups excluding tert-OH is 2. The Bertz CT molecular complexity index is 520. The Morgan fingerprint density at radius 3 is 2.39 bits per heavy atom. The molecular weight excluding hydrogens is 292 g/mol. The fraction of sp³-hybridized carbons (Fsp3) is 0.611. The number of rotatable bonds is 5. The summed E-state index contributed by atoms with van der Waals surface area (Å²) in [6.07, 6.45) is 3.52. The molecule has 1 atom stereocenters. The summed E-state index contributed by atoms with van der Waals surface area (Å²) in [6.45, 7) is 1.98. The van der Waals surface area contributed by atoms with E-state index in [1.54, 1.807) is 24.3 Å². The molecule has 1 aromatic carbocycles. The van der Waals surface area contributed by atoms with Crippen molar-refractivity contribution in [3.05, 3.63) is 35.4 Å². The second kappa shape index (κ2) is 7.43. The van der Waals surface area contributed by atoms with Crippen LogP contribution in [0.25, 0.3) is 0 Å². The average Bonchev–Trinajstić information content (AvgIpc) is 2.58. The van der Waals surface area contributed by atoms with Crippen molar-refractivity contribution in [3.63, 3.8) is 0 Å². The van der Waals surface area contributed by atoms with Crippen molar-refractivity contribution in [2.45, 2.75) is 44.4 Å². The van der Waals surface area contributed by atoms with Crippen molar-refractivity contribution in [2.75, 3.05) is 13.1 Å². The van der Waals surface area contributed by atoms with Gasteiger partial charge < -0.3 is 20.8 Å². The van der Waals surface area contributed by atoms with Crippen LogP contribution in [0.3, 0.4) is 0 Å². The molecule has 5 heteroatoms. The molecule has 1 aliphatic carbocycles. The van der Waals surface area contributed by atoms with Gasteiger partial charge in [0.15, 0.2) is 0 Å². The van der Waals surface area contributed by atoms with Gasteiger partial charge in [0, 0.05) is 11.6 Å². The molecule has 1 saturated heterocycles. The minimum Gasteiger partial charge on any atom is -0.393 e. The van der Waals surface area contributed by atoms with Crippen LogP contribution in [0.1, 0.15) is 41.6 Å². The number of hydrogen-bond donors (Lipinski definition) is 4. The first-order valence-electron chi connectivity index (χ1n) is 8.57. The maximum Gasteiger partial charge on any atom is 0.251 e. The highest BCUT2D eigenvalue weighted by Crippen LogP contribution is 2.35. The molecular formula is C18H26N2O3. The maximum absolute atomic E-state index is 12.6. The first-order chi connectivity index (χ1) is 11.2. The summed E-state index contributed by atoms with van der Waals surface area (Å²) in [6, 6.07) is 7.22. The quantitative estimate of drug-likeness (QED) is 0.654. The molecule has 0 unspecified atom stereocenters. The molecule has 4 N–H and O–H groups in total. The third-order valence-corrected chi connectivity index (χ3v) is 5.25. The fourth-order valence-corrected chi connectivity index (χ4v) is 3.74. The molecule has 3 rings (SSSR count). The molecule has 2 aliphatic rings. The van der Waals surface area contributed by atoms with E-state index in [4.69, 9.17) is 5.11 Å². The lowest BCUT2D eigenvalue weighted by Gasteiger charge is -2.43. The van der Waals surface area contributed by atoms with Crippen molar-refractivity contribution in [2.24, 2.45) is 11.8 Å². The van der Waals surface area contributed by atoms with Gasteiger partial charge in [0.25, 0.3) is 5.91 Å². The second-order valence-corrected chi connectivity index (χ2v) is 6.83. The number of amides is 1. The van der Waals surface area contributed by atoms with Crippen molar-refractivity contribution in [1.29, 1.82) is 0 Å². The minimum atomic E-state index is -0.204. The van der Waals surface area contributed by atoms with Crippen LogP contribution in [0.4, 0.5) is 0 Å². The number of nitrogens with one attached hydrogen (secondary N) is 2. The van der Waals surface area contributed by atoms with Crippen molar-refractivity contribution in [1.82, 2.24) is 10.6 Å². The Labute approximate surface area is 137 Å². The predicted molar refractivity (Wildman–Crippen MR) is 87.9 cm³/mol. The Morgan fingerprint density at radius 1 is 1.17 bits per heavy atom. The van der Waals surface area contributed by atoms with Gasteiger partial charge in [-0.25, -0.2) is 0 Å². The van der Waals surface area contributed by atoms with E-state index in [1.165, 1.54) is 0 Å². The maximum atomic E-state index is 12.6. The topological polar surface area (TPSA) is 81.6 Å².